The van der Waals surface area contributed by atoms with Crippen LogP contribution in [0, 0.1) is 5.92 Å². The molecule has 3 aliphatic heterocycles. The Kier molecular flexibility index (Phi) is 23.0. The first-order chi connectivity index (χ1) is 28.0. The van der Waals surface area contributed by atoms with E-state index in [0.29, 0.717) is 69.9 Å². The molecule has 0 aromatic heterocycles. The number of carbonyl (C=O) groups excluding carboxylic acids is 4. The quantitative estimate of drug-likeness (QED) is 0.0219. The lowest BCUT2D eigenvalue weighted by atomic mass is 9.92. The molecule has 0 aromatic carbocycles. The molecule has 2 saturated heterocycles. The second-order valence-electron chi connectivity index (χ2n) is 13.7. The van der Waals surface area contributed by atoms with Crippen LogP contribution in [0.1, 0.15) is 51.4 Å². The van der Waals surface area contributed by atoms with Crippen molar-refractivity contribution in [3.05, 3.63) is 11.6 Å². The van der Waals surface area contributed by atoms with Crippen LogP contribution in [0.25, 0.3) is 0 Å². The number of ether oxygens (including phenoxy) is 4. The number of rotatable bonds is 32. The number of phosphoric ester groups is 2. The van der Waals surface area contributed by atoms with E-state index in [1.54, 1.807) is 0 Å². The molecule has 59 heavy (non-hydrogen) atoms. The van der Waals surface area contributed by atoms with Gasteiger partial charge in [0.05, 0.1) is 83.6 Å². The molecule has 0 radical (unpaired) electrons. The highest BCUT2D eigenvalue weighted by atomic mass is 32.2. The molecule has 5 amide bonds. The van der Waals surface area contributed by atoms with Gasteiger partial charge in [-0.25, -0.2) is 13.9 Å². The number of hydrogen-bond acceptors (Lipinski definition) is 15. The Morgan fingerprint density at radius 2 is 1.49 bits per heavy atom. The number of thioether (sulfide) groups is 1. The first-order valence-corrected chi connectivity index (χ1v) is 23.4. The smallest absolute Gasteiger partial charge is 0.388 e. The lowest BCUT2D eigenvalue weighted by Crippen LogP contribution is -2.36. The third-order valence-electron chi connectivity index (χ3n) is 9.06. The van der Waals surface area contributed by atoms with Crippen LogP contribution in [0.2, 0.25) is 0 Å². The maximum absolute atomic E-state index is 12.5. The van der Waals surface area contributed by atoms with Crippen LogP contribution in [0.5, 0.6) is 0 Å². The molecule has 6 atom stereocenters. The van der Waals surface area contributed by atoms with E-state index in [-0.39, 0.29) is 68.4 Å². The number of fused-ring (bicyclic) bond motifs is 1. The molecule has 3 unspecified atom stereocenters. The van der Waals surface area contributed by atoms with Crippen molar-refractivity contribution in [3.8, 4) is 0 Å². The molecule has 26 heteroatoms. The topological polar surface area (TPSA) is 345 Å². The average molecular weight is 905 g/mol. The summed E-state index contributed by atoms with van der Waals surface area (Å²) in [5.74, 6) is -1.35. The van der Waals surface area contributed by atoms with E-state index in [9.17, 15) is 43.2 Å². The first-order valence-electron chi connectivity index (χ1n) is 19.2. The number of nitrogens with zero attached hydrogens (tertiary/aromatic N) is 1. The van der Waals surface area contributed by atoms with Crippen molar-refractivity contribution in [2.75, 3.05) is 78.3 Å². The van der Waals surface area contributed by atoms with Crippen LogP contribution in [-0.4, -0.2) is 162 Å². The highest BCUT2D eigenvalue weighted by molar-refractivity contribution is 8.00. The third kappa shape index (κ3) is 21.7. The zero-order valence-corrected chi connectivity index (χ0v) is 35.3. The van der Waals surface area contributed by atoms with Crippen molar-refractivity contribution in [3.63, 3.8) is 0 Å². The summed E-state index contributed by atoms with van der Waals surface area (Å²) in [6.07, 6.45) is 1.12. The Bertz CT molecular complexity index is 1520. The fourth-order valence-corrected chi connectivity index (χ4v) is 8.65. The fraction of sp³-hybridized carbons (Fsp3) is 0.788. The molecule has 3 rings (SSSR count). The fourth-order valence-electron chi connectivity index (χ4n) is 6.18. The molecule has 0 aliphatic carbocycles. The molecular weight excluding hydrogens is 846 g/mol. The van der Waals surface area contributed by atoms with E-state index < -0.39 is 52.7 Å². The van der Waals surface area contributed by atoms with Crippen molar-refractivity contribution in [2.24, 2.45) is 16.6 Å². The number of hydrogen-bond donors (Lipinski definition) is 10. The monoisotopic (exact) mass is 904 g/mol. The molecule has 3 heterocycles. The summed E-state index contributed by atoms with van der Waals surface area (Å²) < 4.78 is 53.0. The second kappa shape index (κ2) is 26.7. The van der Waals surface area contributed by atoms with Gasteiger partial charge in [0, 0.05) is 36.9 Å². The van der Waals surface area contributed by atoms with E-state index in [1.807, 2.05) is 11.8 Å². The molecule has 0 bridgehead atoms. The number of dihydropyridines is 1. The van der Waals surface area contributed by atoms with Crippen molar-refractivity contribution in [2.45, 2.75) is 80.9 Å². The maximum Gasteiger partial charge on any atom is 0.469 e. The zero-order chi connectivity index (χ0) is 43.3. The highest BCUT2D eigenvalue weighted by Gasteiger charge is 2.42. The van der Waals surface area contributed by atoms with Crippen molar-refractivity contribution >= 4 is 57.0 Å². The van der Waals surface area contributed by atoms with Gasteiger partial charge in [-0.1, -0.05) is 12.5 Å². The number of unbranched alkanes of at least 4 members (excludes halogenated alkanes) is 1. The Morgan fingerprint density at radius 3 is 2.15 bits per heavy atom. The summed E-state index contributed by atoms with van der Waals surface area (Å²) >= 11 is 1.87. The van der Waals surface area contributed by atoms with Crippen LogP contribution in [0.4, 0.5) is 4.79 Å². The number of amidine groups is 1. The Balaban J connectivity index is 1.12. The summed E-state index contributed by atoms with van der Waals surface area (Å²) in [5, 5.41) is 22.1. The van der Waals surface area contributed by atoms with Crippen molar-refractivity contribution in [1.29, 1.82) is 0 Å². The van der Waals surface area contributed by atoms with Crippen LogP contribution in [0.3, 0.4) is 0 Å². The van der Waals surface area contributed by atoms with Gasteiger partial charge in [-0.2, -0.15) is 16.8 Å². The average Bonchev–Trinajstić information content (AvgIpc) is 3.71. The molecule has 23 nitrogen and oxygen atoms in total. The molecule has 0 aromatic rings. The number of nitrogens with two attached hydrogens (primary N) is 1. The normalized spacial score (nSPS) is 21.6. The van der Waals surface area contributed by atoms with E-state index >= 15 is 0 Å². The van der Waals surface area contributed by atoms with Crippen molar-refractivity contribution < 1.29 is 81.0 Å². The Labute approximate surface area is 346 Å². The number of aliphatic hydroxyl groups is 1. The largest absolute Gasteiger partial charge is 0.469 e. The predicted molar refractivity (Wildman–Crippen MR) is 211 cm³/mol. The summed E-state index contributed by atoms with van der Waals surface area (Å²) in [6, 6.07) is 0.309. The number of aliphatic imine (C=N–C) groups is 1. The third-order valence-corrected chi connectivity index (χ3v) is 11.6. The Morgan fingerprint density at radius 1 is 0.864 bits per heavy atom. The zero-order valence-electron chi connectivity index (χ0n) is 32.6. The van der Waals surface area contributed by atoms with E-state index in [2.05, 4.69) is 35.3 Å². The molecule has 0 spiro atoms. The van der Waals surface area contributed by atoms with E-state index in [0.717, 1.165) is 25.0 Å². The number of nitrogens with one attached hydrogen (secondary N) is 4. The van der Waals surface area contributed by atoms with Gasteiger partial charge in [0.1, 0.15) is 11.9 Å². The SMILES string of the molecule is NC1=NC(=O)C(C[C@@H](OP(=O)(O)O)C(O)COP(=O)(O)O)C=C1CCCNC(=O)CCOCCOCCOCCOCCNC(=O)CCCC[C@@H]1SCC2NC(=O)N[C@@H]21. The predicted octanol–water partition coefficient (Wildman–Crippen LogP) is -1.04. The van der Waals surface area contributed by atoms with Crippen LogP contribution < -0.4 is 27.0 Å². The highest BCUT2D eigenvalue weighted by Crippen LogP contribution is 2.41. The standard InChI is InChI=1S/C33H58N6O17P2S/c34-31-22(18-23(32(43)39-31)19-26(56-58(48,49)50)25(40)20-55-57(45,46)47)4-3-8-35-29(42)7-10-51-12-14-53-16-17-54-15-13-52-11-9-36-28(41)6-2-1-5-27-30-24(21-59-27)37-33(44)38-30/h18,23-27,30,40H,1-17,19-21H2,(H,35,42)(H,36,41)(H2,34,39,43)(H2,37,38,44)(H2,45,46,47)(H2,48,49,50)/t23?,24?,25?,26-,27+,30+/m1/s1. The van der Waals surface area contributed by atoms with E-state index in [4.69, 9.17) is 34.5 Å². The minimum absolute atomic E-state index is 0.00619. The summed E-state index contributed by atoms with van der Waals surface area (Å²) in [7, 11) is -10.2. The first kappa shape index (κ1) is 50.8. The second-order valence-corrected chi connectivity index (χ2v) is 17.4. The molecule has 0 saturated carbocycles. The summed E-state index contributed by atoms with van der Waals surface area (Å²) in [4.78, 5) is 88.1. The molecule has 3 aliphatic rings. The van der Waals surface area contributed by atoms with Crippen LogP contribution in [0.15, 0.2) is 16.6 Å². The lowest BCUT2D eigenvalue weighted by Gasteiger charge is -2.27. The number of carbonyl (C=O) groups is 4. The van der Waals surface area contributed by atoms with Crippen LogP contribution >= 0.6 is 27.4 Å². The van der Waals surface area contributed by atoms with Crippen LogP contribution in [-0.2, 0) is 51.5 Å². The number of amides is 5. The minimum atomic E-state index is -5.20. The van der Waals surface area contributed by atoms with Gasteiger partial charge >= 0.3 is 21.7 Å². The van der Waals surface area contributed by atoms with Gasteiger partial charge in [0.15, 0.2) is 0 Å². The maximum atomic E-state index is 12.5. The molecular formula is C33H58N6O17P2S. The lowest BCUT2D eigenvalue weighted by molar-refractivity contribution is -0.122. The van der Waals surface area contributed by atoms with Gasteiger partial charge in [0.2, 0.25) is 11.8 Å². The molecule has 11 N–H and O–H groups in total. The number of urea groups is 1. The van der Waals surface area contributed by atoms with Gasteiger partial charge in [-0.05, 0) is 37.7 Å². The summed E-state index contributed by atoms with van der Waals surface area (Å²) in [5.41, 5.74) is 6.29. The van der Waals surface area contributed by atoms with Gasteiger partial charge in [0.25, 0.3) is 5.91 Å². The number of aliphatic hydroxyl groups excluding tert-OH is 1. The minimum Gasteiger partial charge on any atom is -0.388 e. The van der Waals surface area contributed by atoms with E-state index in [1.165, 1.54) is 6.08 Å². The summed E-state index contributed by atoms with van der Waals surface area (Å²) in [6.45, 7) is 2.25. The van der Waals surface area contributed by atoms with Gasteiger partial charge in [-0.15, -0.1) is 0 Å². The molecule has 338 valence electrons. The number of phosphoric acid groups is 2. The molecule has 2 fully saturated rings. The van der Waals surface area contributed by atoms with Gasteiger partial charge in [-0.3, -0.25) is 23.4 Å². The van der Waals surface area contributed by atoms with Crippen molar-refractivity contribution in [1.82, 2.24) is 21.3 Å². The van der Waals surface area contributed by atoms with Gasteiger partial charge < -0.3 is 70.6 Å². The Hall–Kier alpha value is -2.54.